The molecule has 0 atom stereocenters. The third-order valence-corrected chi connectivity index (χ3v) is 4.08. The highest BCUT2D eigenvalue weighted by Crippen LogP contribution is 2.14. The van der Waals surface area contributed by atoms with Crippen molar-refractivity contribution < 1.29 is 19.1 Å². The Balaban J connectivity index is 1.68. The van der Waals surface area contributed by atoms with E-state index in [0.717, 1.165) is 5.56 Å². The van der Waals surface area contributed by atoms with Crippen LogP contribution in [-0.2, 0) is 14.3 Å². The number of hydrogen-bond acceptors (Lipinski definition) is 7. The van der Waals surface area contributed by atoms with E-state index in [2.05, 4.69) is 20.8 Å². The van der Waals surface area contributed by atoms with Crippen LogP contribution in [0.3, 0.4) is 0 Å². The van der Waals surface area contributed by atoms with Crippen LogP contribution in [-0.4, -0.2) is 44.5 Å². The van der Waals surface area contributed by atoms with Gasteiger partial charge in [0.1, 0.15) is 0 Å². The summed E-state index contributed by atoms with van der Waals surface area (Å²) in [6.45, 7) is 2.60. The van der Waals surface area contributed by atoms with Crippen LogP contribution in [0.2, 0.25) is 0 Å². The van der Waals surface area contributed by atoms with Crippen molar-refractivity contribution >= 4 is 35.1 Å². The van der Waals surface area contributed by atoms with Gasteiger partial charge in [-0.15, -0.1) is 5.10 Å². The molecule has 0 aliphatic heterocycles. The summed E-state index contributed by atoms with van der Waals surface area (Å²) in [5.41, 5.74) is 1.83. The van der Waals surface area contributed by atoms with Crippen molar-refractivity contribution in [3.8, 4) is 0 Å². The Bertz CT molecular complexity index is 1090. The number of carbonyl (C=O) groups is 3. The summed E-state index contributed by atoms with van der Waals surface area (Å²) in [6.07, 6.45) is 1.57. The number of amides is 1. The van der Waals surface area contributed by atoms with Gasteiger partial charge in [-0.05, 0) is 60.2 Å². The van der Waals surface area contributed by atoms with E-state index in [1.807, 2.05) is 30.3 Å². The Labute approximate surface area is 172 Å². The number of carbonyl (C=O) groups excluding carboxylic acids is 3. The quantitative estimate of drug-likeness (QED) is 0.364. The van der Waals surface area contributed by atoms with E-state index >= 15 is 0 Å². The Morgan fingerprint density at radius 1 is 1.07 bits per heavy atom. The molecule has 9 heteroatoms. The summed E-state index contributed by atoms with van der Waals surface area (Å²) in [6, 6.07) is 15.5. The number of nitrogens with zero attached hydrogens (tertiary/aromatic N) is 4. The minimum absolute atomic E-state index is 0.0716. The Morgan fingerprint density at radius 2 is 1.77 bits per heavy atom. The second kappa shape index (κ2) is 9.37. The molecule has 152 valence electrons. The van der Waals surface area contributed by atoms with Crippen molar-refractivity contribution in [1.82, 2.24) is 20.2 Å². The fraction of sp³-hybridized carbons (Fsp3) is 0.143. The SMILES string of the molecule is CC(=O)c1ccc(NC(=O)COC(=O)/C(=C/c2ccccc2)n2nnnc2C)cc1. The van der Waals surface area contributed by atoms with Crippen LogP contribution < -0.4 is 5.32 Å². The molecule has 1 amide bonds. The molecule has 3 rings (SSSR count). The second-order valence-electron chi connectivity index (χ2n) is 6.34. The number of aromatic nitrogens is 4. The van der Waals surface area contributed by atoms with E-state index < -0.39 is 18.5 Å². The molecular formula is C21H19N5O4. The minimum Gasteiger partial charge on any atom is -0.451 e. The first-order chi connectivity index (χ1) is 14.4. The van der Waals surface area contributed by atoms with Crippen LogP contribution in [0.1, 0.15) is 28.7 Å². The number of anilines is 1. The lowest BCUT2D eigenvalue weighted by Gasteiger charge is -2.10. The van der Waals surface area contributed by atoms with E-state index in [-0.39, 0.29) is 11.5 Å². The van der Waals surface area contributed by atoms with E-state index in [9.17, 15) is 14.4 Å². The van der Waals surface area contributed by atoms with Gasteiger partial charge in [-0.3, -0.25) is 9.59 Å². The molecule has 0 bridgehead atoms. The molecule has 30 heavy (non-hydrogen) atoms. The third-order valence-electron chi connectivity index (χ3n) is 4.08. The number of tetrazole rings is 1. The maximum atomic E-state index is 12.7. The lowest BCUT2D eigenvalue weighted by molar-refractivity contribution is -0.141. The number of Topliss-reactive ketones (excluding diaryl/α,β-unsaturated/α-hetero) is 1. The Kier molecular flexibility index (Phi) is 6.43. The van der Waals surface area contributed by atoms with Crippen molar-refractivity contribution in [2.75, 3.05) is 11.9 Å². The third kappa shape index (κ3) is 5.22. The molecule has 0 aliphatic carbocycles. The largest absolute Gasteiger partial charge is 0.451 e. The van der Waals surface area contributed by atoms with Gasteiger partial charge in [0.25, 0.3) is 5.91 Å². The van der Waals surface area contributed by atoms with Crippen molar-refractivity contribution in [2.45, 2.75) is 13.8 Å². The predicted octanol–water partition coefficient (Wildman–Crippen LogP) is 2.36. The summed E-state index contributed by atoms with van der Waals surface area (Å²) in [5, 5.41) is 13.7. The molecule has 0 radical (unpaired) electrons. The molecule has 0 saturated carbocycles. The molecule has 0 unspecified atom stereocenters. The number of ketones is 1. The molecule has 0 spiro atoms. The first-order valence-corrected chi connectivity index (χ1v) is 9.04. The van der Waals surface area contributed by atoms with Crippen LogP contribution in [0.5, 0.6) is 0 Å². The molecule has 0 aliphatic rings. The van der Waals surface area contributed by atoms with E-state index in [1.54, 1.807) is 37.3 Å². The number of rotatable bonds is 7. The highest BCUT2D eigenvalue weighted by atomic mass is 16.5. The van der Waals surface area contributed by atoms with Crippen LogP contribution in [0.15, 0.2) is 54.6 Å². The van der Waals surface area contributed by atoms with Crippen molar-refractivity contribution in [3.63, 3.8) is 0 Å². The van der Waals surface area contributed by atoms with E-state index in [0.29, 0.717) is 17.1 Å². The Morgan fingerprint density at radius 3 is 2.37 bits per heavy atom. The van der Waals surface area contributed by atoms with Crippen molar-refractivity contribution in [3.05, 3.63) is 71.5 Å². The molecule has 1 aromatic heterocycles. The summed E-state index contributed by atoms with van der Waals surface area (Å²) in [7, 11) is 0. The molecule has 0 fully saturated rings. The number of ether oxygens (including phenoxy) is 1. The number of nitrogens with one attached hydrogen (secondary N) is 1. The molecule has 2 aromatic carbocycles. The first-order valence-electron chi connectivity index (χ1n) is 9.04. The average Bonchev–Trinajstić information content (AvgIpc) is 3.17. The second-order valence-corrected chi connectivity index (χ2v) is 6.34. The highest BCUT2D eigenvalue weighted by Gasteiger charge is 2.19. The van der Waals surface area contributed by atoms with Gasteiger partial charge in [0.05, 0.1) is 0 Å². The van der Waals surface area contributed by atoms with Gasteiger partial charge in [-0.1, -0.05) is 30.3 Å². The monoisotopic (exact) mass is 405 g/mol. The Hall–Kier alpha value is -4.14. The van der Waals surface area contributed by atoms with Gasteiger partial charge in [0, 0.05) is 11.3 Å². The standard InChI is InChI=1S/C21H19N5O4/c1-14(27)17-8-10-18(11-9-17)22-20(28)13-30-21(29)19(26-15(2)23-24-25-26)12-16-6-4-3-5-7-16/h3-12H,13H2,1-2H3,(H,22,28)/b19-12-. The van der Waals surface area contributed by atoms with Crippen LogP contribution in [0, 0.1) is 6.92 Å². The minimum atomic E-state index is -0.753. The summed E-state index contributed by atoms with van der Waals surface area (Å²) in [4.78, 5) is 36.1. The van der Waals surface area contributed by atoms with Crippen LogP contribution in [0.4, 0.5) is 5.69 Å². The molecule has 1 heterocycles. The van der Waals surface area contributed by atoms with E-state index in [4.69, 9.17) is 4.74 Å². The van der Waals surface area contributed by atoms with Gasteiger partial charge in [0.2, 0.25) is 0 Å². The van der Waals surface area contributed by atoms with Gasteiger partial charge in [-0.25, -0.2) is 4.79 Å². The molecule has 9 nitrogen and oxygen atoms in total. The fourth-order valence-electron chi connectivity index (χ4n) is 2.56. The summed E-state index contributed by atoms with van der Waals surface area (Å²) < 4.78 is 6.41. The summed E-state index contributed by atoms with van der Waals surface area (Å²) in [5.74, 6) is -0.954. The average molecular weight is 405 g/mol. The van der Waals surface area contributed by atoms with E-state index in [1.165, 1.54) is 11.6 Å². The fourth-order valence-corrected chi connectivity index (χ4v) is 2.56. The first kappa shape index (κ1) is 20.6. The normalized spacial score (nSPS) is 11.1. The topological polar surface area (TPSA) is 116 Å². The lowest BCUT2D eigenvalue weighted by atomic mass is 10.1. The number of hydrogen-bond donors (Lipinski definition) is 1. The van der Waals surface area contributed by atoms with Gasteiger partial charge in [-0.2, -0.15) is 4.68 Å². The molecule has 1 N–H and O–H groups in total. The molecular weight excluding hydrogens is 386 g/mol. The maximum Gasteiger partial charge on any atom is 0.357 e. The van der Waals surface area contributed by atoms with Gasteiger partial charge < -0.3 is 10.1 Å². The van der Waals surface area contributed by atoms with Crippen LogP contribution >= 0.6 is 0 Å². The number of esters is 1. The summed E-state index contributed by atoms with van der Waals surface area (Å²) >= 11 is 0. The van der Waals surface area contributed by atoms with Crippen molar-refractivity contribution in [2.24, 2.45) is 0 Å². The van der Waals surface area contributed by atoms with Crippen LogP contribution in [0.25, 0.3) is 11.8 Å². The lowest BCUT2D eigenvalue weighted by Crippen LogP contribution is -2.23. The molecule has 3 aromatic rings. The van der Waals surface area contributed by atoms with Gasteiger partial charge >= 0.3 is 5.97 Å². The number of aryl methyl sites for hydroxylation is 1. The predicted molar refractivity (Wildman–Crippen MR) is 109 cm³/mol. The van der Waals surface area contributed by atoms with Crippen molar-refractivity contribution in [1.29, 1.82) is 0 Å². The highest BCUT2D eigenvalue weighted by molar-refractivity contribution is 6.15. The smallest absolute Gasteiger partial charge is 0.357 e. The maximum absolute atomic E-state index is 12.7. The zero-order valence-corrected chi connectivity index (χ0v) is 16.4. The van der Waals surface area contributed by atoms with Gasteiger partial charge in [0.15, 0.2) is 23.9 Å². The number of benzene rings is 2. The zero-order valence-electron chi connectivity index (χ0n) is 16.4. The zero-order chi connectivity index (χ0) is 21.5. The molecule has 0 saturated heterocycles.